The largest absolute Gasteiger partial charge is 0.392 e. The van der Waals surface area contributed by atoms with Crippen LogP contribution in [0, 0.1) is 0 Å². The predicted molar refractivity (Wildman–Crippen MR) is 158 cm³/mol. The molecular weight excluding hydrogens is 538 g/mol. The Labute approximate surface area is 248 Å². The normalized spacial score (nSPS) is 22.6. The molecule has 2 saturated heterocycles. The molecule has 2 heterocycles. The number of hydrogen-bond acceptors (Lipinski definition) is 8. The summed E-state index contributed by atoms with van der Waals surface area (Å²) in [4.78, 5) is 26.1. The first-order valence-electron chi connectivity index (χ1n) is 15.1. The number of ether oxygens (including phenoxy) is 3. The average molecular weight is 584 g/mol. The second-order valence-corrected chi connectivity index (χ2v) is 11.2. The van der Waals surface area contributed by atoms with E-state index in [0.29, 0.717) is 37.6 Å². The number of likely N-dealkylation sites (tertiary alicyclic amines) is 1. The number of hydroxylamine groups is 1. The maximum atomic E-state index is 12.6. The lowest BCUT2D eigenvalue weighted by molar-refractivity contribution is -0.253. The Morgan fingerprint density at radius 2 is 1.76 bits per heavy atom. The minimum absolute atomic E-state index is 0.00211. The first kappa shape index (κ1) is 32.1. The summed E-state index contributed by atoms with van der Waals surface area (Å²) in [6.07, 6.45) is 5.88. The van der Waals surface area contributed by atoms with Gasteiger partial charge in [0.1, 0.15) is 0 Å². The van der Waals surface area contributed by atoms with Gasteiger partial charge in [0, 0.05) is 50.2 Å². The van der Waals surface area contributed by atoms with Gasteiger partial charge in [0.25, 0.3) is 0 Å². The molecule has 0 unspecified atom stereocenters. The summed E-state index contributed by atoms with van der Waals surface area (Å²) in [5.41, 5.74) is 5.06. The molecule has 2 amide bonds. The Morgan fingerprint density at radius 3 is 2.48 bits per heavy atom. The van der Waals surface area contributed by atoms with Crippen LogP contribution in [0.25, 0.3) is 0 Å². The van der Waals surface area contributed by atoms with E-state index in [1.165, 1.54) is 0 Å². The van der Waals surface area contributed by atoms with Gasteiger partial charge in [-0.1, -0.05) is 49.2 Å². The molecule has 0 spiro atoms. The molecular formula is C32H45N3O7. The minimum Gasteiger partial charge on any atom is -0.392 e. The van der Waals surface area contributed by atoms with E-state index in [0.717, 1.165) is 61.9 Å². The van der Waals surface area contributed by atoms with Gasteiger partial charge in [-0.3, -0.25) is 19.7 Å². The number of nitrogens with zero attached hydrogens (tertiary/aromatic N) is 1. The van der Waals surface area contributed by atoms with Gasteiger partial charge in [0.05, 0.1) is 25.4 Å². The van der Waals surface area contributed by atoms with Crippen molar-refractivity contribution in [2.45, 2.75) is 88.9 Å². The fraction of sp³-hybridized carbons (Fsp3) is 0.562. The summed E-state index contributed by atoms with van der Waals surface area (Å²) in [7, 11) is 1.75. The second kappa shape index (κ2) is 16.7. The summed E-state index contributed by atoms with van der Waals surface area (Å²) in [6, 6.07) is 15.9. The zero-order valence-corrected chi connectivity index (χ0v) is 24.5. The highest BCUT2D eigenvalue weighted by Gasteiger charge is 2.35. The van der Waals surface area contributed by atoms with Crippen LogP contribution in [0.2, 0.25) is 0 Å². The SMILES string of the molecule is COC[C@@H]1CCCN1C[C@@H]1C[C@H](c2ccc(CO)cc2)O[C@H](c2cccc(NC(=O)CCCCCCC(=O)NO)c2)O1. The Morgan fingerprint density at radius 1 is 1.00 bits per heavy atom. The molecule has 2 aliphatic heterocycles. The van der Waals surface area contributed by atoms with Gasteiger partial charge < -0.3 is 24.6 Å². The zero-order chi connectivity index (χ0) is 29.7. The van der Waals surface area contributed by atoms with Crippen LogP contribution in [0.4, 0.5) is 5.69 Å². The lowest BCUT2D eigenvalue weighted by atomic mass is 9.99. The quantitative estimate of drug-likeness (QED) is 0.136. The highest BCUT2D eigenvalue weighted by atomic mass is 16.7. The van der Waals surface area contributed by atoms with Crippen LogP contribution >= 0.6 is 0 Å². The highest BCUT2D eigenvalue weighted by molar-refractivity contribution is 5.90. The number of aliphatic hydroxyl groups excluding tert-OH is 1. The molecule has 0 aromatic heterocycles. The topological polar surface area (TPSA) is 130 Å². The van der Waals surface area contributed by atoms with E-state index in [2.05, 4.69) is 10.2 Å². The Kier molecular flexibility index (Phi) is 12.7. The van der Waals surface area contributed by atoms with Crippen molar-refractivity contribution in [2.75, 3.05) is 32.1 Å². The number of carbonyl (C=O) groups excluding carboxylic acids is 2. The summed E-state index contributed by atoms with van der Waals surface area (Å²) >= 11 is 0. The predicted octanol–water partition coefficient (Wildman–Crippen LogP) is 4.62. The Bertz CT molecular complexity index is 1130. The fourth-order valence-electron chi connectivity index (χ4n) is 5.78. The third-order valence-corrected chi connectivity index (χ3v) is 8.04. The van der Waals surface area contributed by atoms with Crippen molar-refractivity contribution in [3.63, 3.8) is 0 Å². The van der Waals surface area contributed by atoms with Gasteiger partial charge in [0.15, 0.2) is 6.29 Å². The second-order valence-electron chi connectivity index (χ2n) is 11.2. The highest BCUT2D eigenvalue weighted by Crippen LogP contribution is 2.39. The molecule has 4 atom stereocenters. The number of amides is 2. The number of anilines is 1. The van der Waals surface area contributed by atoms with E-state index < -0.39 is 6.29 Å². The number of carbonyl (C=O) groups is 2. The molecule has 4 N–H and O–H groups in total. The van der Waals surface area contributed by atoms with Crippen molar-refractivity contribution in [3.8, 4) is 0 Å². The van der Waals surface area contributed by atoms with E-state index in [1.54, 1.807) is 12.6 Å². The van der Waals surface area contributed by atoms with Crippen LogP contribution in [0.15, 0.2) is 48.5 Å². The number of methoxy groups -OCH3 is 1. The summed E-state index contributed by atoms with van der Waals surface area (Å²) in [5, 5.41) is 21.0. The van der Waals surface area contributed by atoms with Crippen LogP contribution in [-0.2, 0) is 30.4 Å². The number of unbranched alkanes of at least 4 members (excludes halogenated alkanes) is 3. The lowest BCUT2D eigenvalue weighted by Crippen LogP contribution is -2.42. The van der Waals surface area contributed by atoms with Crippen LogP contribution in [0.5, 0.6) is 0 Å². The molecule has 0 bridgehead atoms. The van der Waals surface area contributed by atoms with Crippen molar-refractivity contribution >= 4 is 17.5 Å². The molecule has 2 aromatic carbocycles. The molecule has 4 rings (SSSR count). The lowest BCUT2D eigenvalue weighted by Gasteiger charge is -2.39. The van der Waals surface area contributed by atoms with Crippen molar-refractivity contribution in [1.82, 2.24) is 10.4 Å². The van der Waals surface area contributed by atoms with Crippen molar-refractivity contribution in [3.05, 3.63) is 65.2 Å². The Balaban J connectivity index is 1.39. The van der Waals surface area contributed by atoms with Gasteiger partial charge in [-0.05, 0) is 55.5 Å². The number of benzene rings is 2. The van der Waals surface area contributed by atoms with Gasteiger partial charge in [0.2, 0.25) is 11.8 Å². The summed E-state index contributed by atoms with van der Waals surface area (Å²) in [6.45, 7) is 2.52. The van der Waals surface area contributed by atoms with E-state index in [9.17, 15) is 14.7 Å². The molecule has 230 valence electrons. The Hall–Kier alpha value is -2.86. The van der Waals surface area contributed by atoms with Crippen LogP contribution in [-0.4, -0.2) is 66.0 Å². The summed E-state index contributed by atoms with van der Waals surface area (Å²) < 4.78 is 18.5. The van der Waals surface area contributed by atoms with E-state index in [-0.39, 0.29) is 37.0 Å². The number of rotatable bonds is 15. The van der Waals surface area contributed by atoms with Crippen molar-refractivity contribution in [1.29, 1.82) is 0 Å². The molecule has 10 nitrogen and oxygen atoms in total. The third-order valence-electron chi connectivity index (χ3n) is 8.04. The van der Waals surface area contributed by atoms with E-state index >= 15 is 0 Å². The number of aliphatic hydroxyl groups is 1. The third kappa shape index (κ3) is 9.58. The maximum Gasteiger partial charge on any atom is 0.243 e. The molecule has 2 aliphatic rings. The monoisotopic (exact) mass is 583 g/mol. The number of hydrogen-bond donors (Lipinski definition) is 4. The zero-order valence-electron chi connectivity index (χ0n) is 24.5. The van der Waals surface area contributed by atoms with Gasteiger partial charge in [-0.2, -0.15) is 0 Å². The van der Waals surface area contributed by atoms with Crippen LogP contribution < -0.4 is 10.8 Å². The van der Waals surface area contributed by atoms with Gasteiger partial charge in [-0.15, -0.1) is 0 Å². The molecule has 0 saturated carbocycles. The van der Waals surface area contributed by atoms with E-state index in [1.807, 2.05) is 48.5 Å². The van der Waals surface area contributed by atoms with Crippen molar-refractivity contribution < 1.29 is 34.1 Å². The van der Waals surface area contributed by atoms with Gasteiger partial charge in [-0.25, -0.2) is 5.48 Å². The van der Waals surface area contributed by atoms with Crippen molar-refractivity contribution in [2.24, 2.45) is 0 Å². The van der Waals surface area contributed by atoms with E-state index in [4.69, 9.17) is 19.4 Å². The minimum atomic E-state index is -0.595. The molecule has 10 heteroatoms. The smallest absolute Gasteiger partial charge is 0.243 e. The first-order valence-corrected chi connectivity index (χ1v) is 15.1. The maximum absolute atomic E-state index is 12.6. The first-order chi connectivity index (χ1) is 20.5. The fourth-order valence-corrected chi connectivity index (χ4v) is 5.78. The molecule has 42 heavy (non-hydrogen) atoms. The molecule has 0 radical (unpaired) electrons. The standard InChI is InChI=1S/C32H45N3O7/c1-40-22-27-10-7-17-35(27)20-28-19-29(24-15-13-23(21-36)14-16-24)42-32(41-28)25-8-6-9-26(18-25)33-30(37)11-4-2-3-5-12-31(38)34-39/h6,8-9,13-16,18,27-29,32,36,39H,2-5,7,10-12,17,19-22H2,1H3,(H,33,37)(H,34,38)/t27-,28-,29+,32+/m0/s1. The molecule has 2 aromatic rings. The molecule has 2 fully saturated rings. The van der Waals surface area contributed by atoms with Crippen LogP contribution in [0.1, 0.15) is 86.9 Å². The van der Waals surface area contributed by atoms with Gasteiger partial charge >= 0.3 is 0 Å². The average Bonchev–Trinajstić information content (AvgIpc) is 3.45. The number of nitrogens with one attached hydrogen (secondary N) is 2. The van der Waals surface area contributed by atoms with Crippen LogP contribution in [0.3, 0.4) is 0 Å². The molecule has 0 aliphatic carbocycles. The summed E-state index contributed by atoms with van der Waals surface area (Å²) in [5.74, 6) is -0.453.